The highest BCUT2D eigenvalue weighted by Gasteiger charge is 2.19. The molecule has 0 aromatic rings. The molecule has 0 spiro atoms. The Labute approximate surface area is 161 Å². The highest BCUT2D eigenvalue weighted by Crippen LogP contribution is 2.21. The van der Waals surface area contributed by atoms with Gasteiger partial charge in [0.25, 0.3) is 0 Å². The van der Waals surface area contributed by atoms with Crippen LogP contribution in [0.4, 0.5) is 0 Å². The SMILES string of the molecule is CCCCCCCCCCCCCC/C(C(=O)OC)=C(\Br)C(=O)OC. The highest BCUT2D eigenvalue weighted by molar-refractivity contribution is 9.12. The van der Waals surface area contributed by atoms with Gasteiger partial charge in [0.2, 0.25) is 0 Å². The molecular formula is C20H35BrO4. The normalized spacial score (nSPS) is 11.8. The van der Waals surface area contributed by atoms with E-state index in [2.05, 4.69) is 27.6 Å². The summed E-state index contributed by atoms with van der Waals surface area (Å²) in [5.74, 6) is -1.01. The van der Waals surface area contributed by atoms with Gasteiger partial charge in [0.1, 0.15) is 4.48 Å². The van der Waals surface area contributed by atoms with Crippen LogP contribution in [0, 0.1) is 0 Å². The summed E-state index contributed by atoms with van der Waals surface area (Å²) in [6.45, 7) is 2.25. The molecule has 0 aromatic carbocycles. The number of carbonyl (C=O) groups excluding carboxylic acids is 2. The second-order valence-electron chi connectivity index (χ2n) is 6.41. The van der Waals surface area contributed by atoms with Gasteiger partial charge in [-0.1, -0.05) is 77.6 Å². The van der Waals surface area contributed by atoms with Crippen molar-refractivity contribution in [1.82, 2.24) is 0 Å². The fraction of sp³-hybridized carbons (Fsp3) is 0.800. The maximum Gasteiger partial charge on any atom is 0.345 e. The third-order valence-corrected chi connectivity index (χ3v) is 5.14. The summed E-state index contributed by atoms with van der Waals surface area (Å²) in [5, 5.41) is 0. The van der Waals surface area contributed by atoms with E-state index in [-0.39, 0.29) is 4.48 Å². The summed E-state index contributed by atoms with van der Waals surface area (Å²) in [5.41, 5.74) is 0.362. The third kappa shape index (κ3) is 12.2. The molecule has 0 aliphatic rings. The maximum atomic E-state index is 11.8. The van der Waals surface area contributed by atoms with Crippen LogP contribution >= 0.6 is 15.9 Å². The van der Waals surface area contributed by atoms with Crippen LogP contribution in [0.25, 0.3) is 0 Å². The molecule has 0 unspecified atom stereocenters. The van der Waals surface area contributed by atoms with Crippen molar-refractivity contribution in [3.63, 3.8) is 0 Å². The Morgan fingerprint density at radius 2 is 1.08 bits per heavy atom. The molecule has 0 N–H and O–H groups in total. The molecule has 4 nitrogen and oxygen atoms in total. The molecule has 25 heavy (non-hydrogen) atoms. The van der Waals surface area contributed by atoms with Crippen molar-refractivity contribution >= 4 is 27.9 Å². The number of methoxy groups -OCH3 is 2. The molecule has 0 aliphatic heterocycles. The molecule has 0 saturated carbocycles. The Kier molecular flexibility index (Phi) is 16.1. The molecule has 0 aromatic heterocycles. The molecule has 0 heterocycles. The monoisotopic (exact) mass is 418 g/mol. The summed E-state index contributed by atoms with van der Waals surface area (Å²) < 4.78 is 9.57. The second-order valence-corrected chi connectivity index (χ2v) is 7.21. The first-order chi connectivity index (χ1) is 12.1. The summed E-state index contributed by atoms with van der Waals surface area (Å²) in [6.07, 6.45) is 15.6. The number of esters is 2. The van der Waals surface area contributed by atoms with Crippen molar-refractivity contribution in [2.45, 2.75) is 90.4 Å². The van der Waals surface area contributed by atoms with Gasteiger partial charge in [-0.15, -0.1) is 0 Å². The van der Waals surface area contributed by atoms with Gasteiger partial charge < -0.3 is 9.47 Å². The van der Waals surface area contributed by atoms with Crippen LogP contribution in [0.5, 0.6) is 0 Å². The first kappa shape index (κ1) is 24.2. The van der Waals surface area contributed by atoms with E-state index in [0.29, 0.717) is 12.0 Å². The summed E-state index contributed by atoms with van der Waals surface area (Å²) in [6, 6.07) is 0. The molecule has 0 fully saturated rings. The van der Waals surface area contributed by atoms with Gasteiger partial charge in [0.05, 0.1) is 19.8 Å². The van der Waals surface area contributed by atoms with E-state index < -0.39 is 11.9 Å². The quantitative estimate of drug-likeness (QED) is 0.184. The van der Waals surface area contributed by atoms with Gasteiger partial charge in [-0.05, 0) is 28.8 Å². The van der Waals surface area contributed by atoms with Crippen molar-refractivity contribution < 1.29 is 19.1 Å². The molecule has 0 radical (unpaired) electrons. The Balaban J connectivity index is 3.83. The average Bonchev–Trinajstić information content (AvgIpc) is 2.63. The molecule has 0 bridgehead atoms. The zero-order valence-corrected chi connectivity index (χ0v) is 17.8. The van der Waals surface area contributed by atoms with E-state index >= 15 is 0 Å². The number of hydrogen-bond donors (Lipinski definition) is 0. The largest absolute Gasteiger partial charge is 0.466 e. The van der Waals surface area contributed by atoms with Crippen molar-refractivity contribution in [3.05, 3.63) is 10.1 Å². The fourth-order valence-electron chi connectivity index (χ4n) is 2.78. The van der Waals surface area contributed by atoms with Crippen molar-refractivity contribution in [3.8, 4) is 0 Å². The minimum Gasteiger partial charge on any atom is -0.466 e. The number of ether oxygens (including phenoxy) is 2. The molecule has 0 saturated heterocycles. The molecule has 0 rings (SSSR count). The topological polar surface area (TPSA) is 52.6 Å². The van der Waals surface area contributed by atoms with Crippen molar-refractivity contribution in [2.24, 2.45) is 0 Å². The maximum absolute atomic E-state index is 11.8. The Morgan fingerprint density at radius 1 is 0.680 bits per heavy atom. The number of rotatable bonds is 15. The molecule has 0 aliphatic carbocycles. The van der Waals surface area contributed by atoms with Gasteiger partial charge in [-0.2, -0.15) is 0 Å². The first-order valence-corrected chi connectivity index (χ1v) is 10.4. The summed E-state index contributed by atoms with van der Waals surface area (Å²) >= 11 is 3.15. The molecule has 146 valence electrons. The van der Waals surface area contributed by atoms with E-state index in [0.717, 1.165) is 12.8 Å². The summed E-state index contributed by atoms with van der Waals surface area (Å²) in [4.78, 5) is 23.3. The second kappa shape index (κ2) is 16.6. The van der Waals surface area contributed by atoms with Gasteiger partial charge in [-0.3, -0.25) is 0 Å². The predicted molar refractivity (Wildman–Crippen MR) is 106 cm³/mol. The van der Waals surface area contributed by atoms with Crippen LogP contribution in [0.1, 0.15) is 90.4 Å². The Hall–Kier alpha value is -0.840. The molecule has 5 heteroatoms. The molecule has 0 amide bonds. The van der Waals surface area contributed by atoms with E-state index in [4.69, 9.17) is 4.74 Å². The van der Waals surface area contributed by atoms with Crippen LogP contribution in [-0.2, 0) is 19.1 Å². The lowest BCUT2D eigenvalue weighted by Gasteiger charge is -2.08. The third-order valence-electron chi connectivity index (χ3n) is 4.34. The van der Waals surface area contributed by atoms with Gasteiger partial charge in [-0.25, -0.2) is 9.59 Å². The van der Waals surface area contributed by atoms with E-state index in [1.165, 1.54) is 78.4 Å². The number of unbranched alkanes of at least 4 members (excludes halogenated alkanes) is 11. The Bertz CT molecular complexity index is 405. The van der Waals surface area contributed by atoms with Crippen LogP contribution in [0.3, 0.4) is 0 Å². The highest BCUT2D eigenvalue weighted by atomic mass is 79.9. The number of hydrogen-bond acceptors (Lipinski definition) is 4. The van der Waals surface area contributed by atoms with Crippen molar-refractivity contribution in [1.29, 1.82) is 0 Å². The minimum absolute atomic E-state index is 0.171. The lowest BCUT2D eigenvalue weighted by molar-refractivity contribution is -0.138. The van der Waals surface area contributed by atoms with Gasteiger partial charge >= 0.3 is 11.9 Å². The van der Waals surface area contributed by atoms with E-state index in [1.807, 2.05) is 0 Å². The summed E-state index contributed by atoms with van der Waals surface area (Å²) in [7, 11) is 2.62. The lowest BCUT2D eigenvalue weighted by Crippen LogP contribution is -2.11. The van der Waals surface area contributed by atoms with Gasteiger partial charge in [0, 0.05) is 0 Å². The van der Waals surface area contributed by atoms with Crippen molar-refractivity contribution in [2.75, 3.05) is 14.2 Å². The Morgan fingerprint density at radius 3 is 1.48 bits per heavy atom. The minimum atomic E-state index is -0.542. The zero-order chi connectivity index (χ0) is 18.9. The number of carbonyl (C=O) groups is 2. The molecular weight excluding hydrogens is 384 g/mol. The van der Waals surface area contributed by atoms with Gasteiger partial charge in [0.15, 0.2) is 0 Å². The smallest absolute Gasteiger partial charge is 0.345 e. The molecule has 0 atom stereocenters. The van der Waals surface area contributed by atoms with E-state index in [1.54, 1.807) is 0 Å². The lowest BCUT2D eigenvalue weighted by atomic mass is 10.0. The predicted octanol–water partition coefficient (Wildman–Crippen LogP) is 6.07. The zero-order valence-electron chi connectivity index (χ0n) is 16.2. The average molecular weight is 419 g/mol. The first-order valence-electron chi connectivity index (χ1n) is 9.63. The fourth-order valence-corrected chi connectivity index (χ4v) is 3.30. The van der Waals surface area contributed by atoms with Crippen LogP contribution in [-0.4, -0.2) is 26.2 Å². The van der Waals surface area contributed by atoms with E-state index in [9.17, 15) is 9.59 Å². The standard InChI is InChI=1S/C20H35BrO4/c1-4-5-6-7-8-9-10-11-12-13-14-15-16-17(19(22)24-2)18(21)20(23)25-3/h4-16H2,1-3H3/b18-17+. The van der Waals surface area contributed by atoms with Crippen LogP contribution < -0.4 is 0 Å². The van der Waals surface area contributed by atoms with Crippen LogP contribution in [0.2, 0.25) is 0 Å². The van der Waals surface area contributed by atoms with Crippen LogP contribution in [0.15, 0.2) is 10.1 Å². The number of halogens is 1.